The molecule has 0 saturated carbocycles. The number of benzene rings is 10. The van der Waals surface area contributed by atoms with Gasteiger partial charge in [0.15, 0.2) is 0 Å². The number of fused-ring (bicyclic) bond motifs is 21. The maximum Gasteiger partial charge on any atom is 0.146 e. The molecule has 0 N–H and O–H groups in total. The summed E-state index contributed by atoms with van der Waals surface area (Å²) in [4.78, 5) is 18.9. The second-order valence-corrected chi connectivity index (χ2v) is 24.9. The van der Waals surface area contributed by atoms with Crippen molar-refractivity contribution in [1.82, 2.24) is 28.5 Å². The molecule has 8 aromatic heterocycles. The van der Waals surface area contributed by atoms with Crippen LogP contribution in [0.25, 0.3) is 134 Å². The zero-order valence-corrected chi connectivity index (χ0v) is 49.1. The van der Waals surface area contributed by atoms with Crippen LogP contribution in [0.2, 0.25) is 5.15 Å². The van der Waals surface area contributed by atoms with Gasteiger partial charge in [0.2, 0.25) is 0 Å². The Balaban J connectivity index is 0.000000118. The van der Waals surface area contributed by atoms with Crippen LogP contribution < -0.4 is 0 Å². The third kappa shape index (κ3) is 7.89. The van der Waals surface area contributed by atoms with Crippen molar-refractivity contribution < 1.29 is 0 Å². The summed E-state index contributed by atoms with van der Waals surface area (Å²) in [5, 5.41) is 13.1. The maximum absolute atomic E-state index is 5.59. The number of pyridine rings is 3. The van der Waals surface area contributed by atoms with E-state index >= 15 is 0 Å². The van der Waals surface area contributed by atoms with Crippen molar-refractivity contribution in [2.45, 2.75) is 6.42 Å². The van der Waals surface area contributed by atoms with Crippen molar-refractivity contribution in [3.05, 3.63) is 269 Å². The lowest BCUT2D eigenvalue weighted by molar-refractivity contribution is 1.18. The molecule has 0 unspecified atom stereocenters. The summed E-state index contributed by atoms with van der Waals surface area (Å²) in [6, 6.07) is 84.7. The van der Waals surface area contributed by atoms with Crippen LogP contribution in [0.3, 0.4) is 0 Å². The maximum atomic E-state index is 5.59. The summed E-state index contributed by atoms with van der Waals surface area (Å²) in [7, 11) is 0. The highest BCUT2D eigenvalue weighted by atomic mass is 127. The van der Waals surface area contributed by atoms with Crippen LogP contribution in [-0.2, 0) is 6.42 Å². The molecule has 18 aromatic rings. The molecule has 0 fully saturated rings. The van der Waals surface area contributed by atoms with Gasteiger partial charge in [0.25, 0.3) is 0 Å². The lowest BCUT2D eigenvalue weighted by Crippen LogP contribution is -2.01. The Morgan fingerprint density at radius 3 is 1.63 bits per heavy atom. The quantitative estimate of drug-likeness (QED) is 0.101. The number of imidazole rings is 1. The lowest BCUT2D eigenvalue weighted by Gasteiger charge is -2.11. The normalized spacial score (nSPS) is 12.4. The molecule has 1 aliphatic heterocycles. The summed E-state index contributed by atoms with van der Waals surface area (Å²) < 4.78 is 13.4. The van der Waals surface area contributed by atoms with Gasteiger partial charge in [-0.3, -0.25) is 14.4 Å². The van der Waals surface area contributed by atoms with Crippen molar-refractivity contribution >= 4 is 191 Å². The third-order valence-electron chi connectivity index (χ3n) is 16.4. The van der Waals surface area contributed by atoms with E-state index in [1.165, 1.54) is 101 Å². The Bertz CT molecular complexity index is 5740. The van der Waals surface area contributed by atoms with Crippen LogP contribution in [0.5, 0.6) is 0 Å². The summed E-state index contributed by atoms with van der Waals surface area (Å²) in [6.45, 7) is 0. The number of hydrogen-bond donors (Lipinski definition) is 0. The van der Waals surface area contributed by atoms with Crippen molar-refractivity contribution in [3.63, 3.8) is 0 Å². The molecular formula is C73H43ClIN7S2. The molecule has 0 atom stereocenters. The van der Waals surface area contributed by atoms with E-state index in [2.05, 4.69) is 259 Å². The van der Waals surface area contributed by atoms with Crippen LogP contribution in [-0.4, -0.2) is 34.2 Å². The topological polar surface area (TPSA) is 65.3 Å². The van der Waals surface area contributed by atoms with Gasteiger partial charge in [0, 0.05) is 103 Å². The monoisotopic (exact) mass is 1240 g/mol. The van der Waals surface area contributed by atoms with Gasteiger partial charge in [-0.25, -0.2) is 9.97 Å². The fourth-order valence-corrected chi connectivity index (χ4v) is 15.4. The van der Waals surface area contributed by atoms with Gasteiger partial charge < -0.3 is 9.13 Å². The van der Waals surface area contributed by atoms with E-state index in [0.29, 0.717) is 5.15 Å². The minimum absolute atomic E-state index is 0.577. The highest BCUT2D eigenvalue weighted by molar-refractivity contribution is 14.1. The molecule has 0 aliphatic carbocycles. The molecule has 0 bridgehead atoms. The Morgan fingerprint density at radius 1 is 0.405 bits per heavy atom. The summed E-state index contributed by atoms with van der Waals surface area (Å²) in [6.07, 6.45) is 4.45. The Kier molecular flexibility index (Phi) is 11.6. The van der Waals surface area contributed by atoms with Crippen molar-refractivity contribution in [3.8, 4) is 11.4 Å². The standard InChI is InChI=1S/C36H20N4S.C32H20N2S.C5H3ClIN/c1-2-9-21(10-3-1)39-31-18-25-22-11-4-7-15-33(22)41-34(25)20-24(31)23-17-26-27(19-32(23)39)36-38-28-12-5-6-13-29(28)40(36)30-14-8-16-37-35(26)30;1-2-9-22(10-3-1)34-29-17-21(28-16-20-8-4-6-12-27(20)33-28)14-15-23(29)25-19-32-26(18-30(25)34)24-11-5-7-13-31(24)35-32;6-5-4(7)2-1-3-8-5/h1-20H;1-15,17-19H,16H2;1-3H. The molecule has 11 heteroatoms. The highest BCUT2D eigenvalue weighted by Gasteiger charge is 2.23. The fourth-order valence-electron chi connectivity index (χ4n) is 12.7. The van der Waals surface area contributed by atoms with E-state index < -0.39 is 0 Å². The van der Waals surface area contributed by atoms with Gasteiger partial charge in [-0.15, -0.1) is 22.7 Å². The van der Waals surface area contributed by atoms with E-state index in [9.17, 15) is 0 Å². The van der Waals surface area contributed by atoms with Crippen molar-refractivity contribution in [2.75, 3.05) is 0 Å². The number of aromatic nitrogens is 6. The molecule has 10 aromatic carbocycles. The summed E-state index contributed by atoms with van der Waals surface area (Å²) >= 11 is 11.5. The molecule has 84 heavy (non-hydrogen) atoms. The van der Waals surface area contributed by atoms with Crippen LogP contribution >= 0.6 is 56.9 Å². The van der Waals surface area contributed by atoms with Gasteiger partial charge >= 0.3 is 0 Å². The van der Waals surface area contributed by atoms with Gasteiger partial charge in [0.1, 0.15) is 10.8 Å². The van der Waals surface area contributed by atoms with Crippen molar-refractivity contribution in [2.24, 2.45) is 4.99 Å². The molecule has 1 aliphatic rings. The van der Waals surface area contributed by atoms with Gasteiger partial charge in [-0.1, -0.05) is 127 Å². The zero-order chi connectivity index (χ0) is 55.6. The van der Waals surface area contributed by atoms with E-state index in [-0.39, 0.29) is 0 Å². The van der Waals surface area contributed by atoms with Gasteiger partial charge in [-0.2, -0.15) is 0 Å². The van der Waals surface area contributed by atoms with Gasteiger partial charge in [0.05, 0.1) is 59.1 Å². The largest absolute Gasteiger partial charge is 0.309 e. The predicted molar refractivity (Wildman–Crippen MR) is 365 cm³/mol. The zero-order valence-electron chi connectivity index (χ0n) is 44.6. The number of halogens is 2. The number of hydrogen-bond acceptors (Lipinski definition) is 6. The first-order valence-electron chi connectivity index (χ1n) is 27.8. The molecule has 0 amide bonds. The number of aliphatic imine (C=N–C) groups is 1. The first-order valence-corrected chi connectivity index (χ1v) is 30.9. The van der Waals surface area contributed by atoms with Crippen LogP contribution in [0, 0.1) is 3.57 Å². The smallest absolute Gasteiger partial charge is 0.146 e. The molecule has 0 spiro atoms. The predicted octanol–water partition coefficient (Wildman–Crippen LogP) is 20.8. The second-order valence-electron chi connectivity index (χ2n) is 21.2. The molecule has 396 valence electrons. The van der Waals surface area contributed by atoms with E-state index in [1.54, 1.807) is 6.20 Å². The minimum atomic E-state index is 0.577. The van der Waals surface area contributed by atoms with Crippen molar-refractivity contribution in [1.29, 1.82) is 0 Å². The fraction of sp³-hybridized carbons (Fsp3) is 0.0137. The molecule has 0 radical (unpaired) electrons. The molecular weight excluding hydrogens is 1200 g/mol. The average molecular weight is 1240 g/mol. The number of thiophene rings is 2. The summed E-state index contributed by atoms with van der Waals surface area (Å²) in [5.41, 5.74) is 17.0. The number of nitrogens with zero attached hydrogens (tertiary/aromatic N) is 7. The van der Waals surface area contributed by atoms with E-state index in [0.717, 1.165) is 65.6 Å². The number of rotatable bonds is 3. The highest BCUT2D eigenvalue weighted by Crippen LogP contribution is 2.45. The molecule has 7 nitrogen and oxygen atoms in total. The number of para-hydroxylation sites is 5. The third-order valence-corrected chi connectivity index (χ3v) is 20.2. The first-order chi connectivity index (χ1) is 41.5. The molecule has 19 rings (SSSR count). The summed E-state index contributed by atoms with van der Waals surface area (Å²) in [5.74, 6) is 0. The van der Waals surface area contributed by atoms with E-state index in [1.807, 2.05) is 47.1 Å². The average Bonchev–Trinajstić information content (AvgIpc) is 1.67. The SMILES string of the molecule is Clc1ncccc1I.c1ccc(-n2c3cc(C4=Nc5ccccc5C4)ccc3c3cc4sc5ccccc5c4cc32)cc1.c1ccc(-n2c3cc4c(cc3c3cc5c(cc32)c2nc3ccccc3n2c2cccnc52)sc2ccccc24)cc1. The van der Waals surface area contributed by atoms with E-state index in [4.69, 9.17) is 26.6 Å². The van der Waals surface area contributed by atoms with Crippen LogP contribution in [0.15, 0.2) is 254 Å². The minimum Gasteiger partial charge on any atom is -0.309 e. The Hall–Kier alpha value is -9.30. The Labute approximate surface area is 506 Å². The van der Waals surface area contributed by atoms with Crippen LogP contribution in [0.4, 0.5) is 5.69 Å². The lowest BCUT2D eigenvalue weighted by atomic mass is 10.0. The van der Waals surface area contributed by atoms with Crippen LogP contribution in [0.1, 0.15) is 11.1 Å². The molecule has 0 saturated heterocycles. The Morgan fingerprint density at radius 2 is 0.964 bits per heavy atom. The molecule has 9 heterocycles. The first kappa shape index (κ1) is 49.3. The van der Waals surface area contributed by atoms with Gasteiger partial charge in [-0.05, 0) is 155 Å². The second kappa shape index (κ2) is 19.7.